The van der Waals surface area contributed by atoms with Crippen LogP contribution in [-0.2, 0) is 23.8 Å². The van der Waals surface area contributed by atoms with Gasteiger partial charge in [0.25, 0.3) is 0 Å². The van der Waals surface area contributed by atoms with Crippen molar-refractivity contribution >= 4 is 11.9 Å². The van der Waals surface area contributed by atoms with Crippen molar-refractivity contribution in [3.63, 3.8) is 0 Å². The van der Waals surface area contributed by atoms with E-state index >= 15 is 0 Å². The molecule has 0 aromatic heterocycles. The number of hydrogen-bond acceptors (Lipinski definition) is 10. The number of unbranched alkanes of at least 4 members (excludes halogenated alkanes) is 30. The molecule has 0 radical (unpaired) electrons. The van der Waals surface area contributed by atoms with Gasteiger partial charge in [0.15, 0.2) is 6.29 Å². The Morgan fingerprint density at radius 3 is 1.39 bits per heavy atom. The van der Waals surface area contributed by atoms with Gasteiger partial charge in [-0.1, -0.05) is 233 Å². The lowest BCUT2D eigenvalue weighted by atomic mass is 9.99. The topological polar surface area (TPSA) is 175 Å². The summed E-state index contributed by atoms with van der Waals surface area (Å²) in [6, 6.07) is -0.836. The molecule has 1 fully saturated rings. The lowest BCUT2D eigenvalue weighted by molar-refractivity contribution is -0.302. The van der Waals surface area contributed by atoms with Crippen LogP contribution in [0.2, 0.25) is 0 Å². The van der Waals surface area contributed by atoms with Crippen LogP contribution in [0.15, 0.2) is 85.1 Å². The van der Waals surface area contributed by atoms with Crippen LogP contribution in [-0.4, -0.2) is 100 Å². The van der Waals surface area contributed by atoms with E-state index in [0.29, 0.717) is 19.4 Å². The molecule has 0 aliphatic carbocycles. The number of carbonyl (C=O) groups is 2. The van der Waals surface area contributed by atoms with Gasteiger partial charge in [0.1, 0.15) is 24.4 Å². The van der Waals surface area contributed by atoms with Gasteiger partial charge in [-0.15, -0.1) is 0 Å². The molecule has 1 saturated heterocycles. The Hall–Kier alpha value is -3.16. The van der Waals surface area contributed by atoms with Crippen LogP contribution >= 0.6 is 0 Å². The van der Waals surface area contributed by atoms with Crippen LogP contribution in [0.4, 0.5) is 0 Å². The van der Waals surface area contributed by atoms with Crippen molar-refractivity contribution in [2.24, 2.45) is 0 Å². The third-order valence-electron chi connectivity index (χ3n) is 14.8. The summed E-state index contributed by atoms with van der Waals surface area (Å²) in [6.45, 7) is 4.01. The van der Waals surface area contributed by atoms with E-state index < -0.39 is 49.5 Å². The van der Waals surface area contributed by atoms with Crippen molar-refractivity contribution in [1.82, 2.24) is 5.32 Å². The van der Waals surface area contributed by atoms with E-state index in [1.807, 2.05) is 19.1 Å². The van der Waals surface area contributed by atoms with Crippen LogP contribution in [0.1, 0.15) is 271 Å². The lowest BCUT2D eigenvalue weighted by Gasteiger charge is -2.40. The molecule has 7 unspecified atom stereocenters. The highest BCUT2D eigenvalue weighted by Crippen LogP contribution is 2.23. The third-order valence-corrected chi connectivity index (χ3v) is 14.8. The van der Waals surface area contributed by atoms with Crippen LogP contribution in [0, 0.1) is 0 Å². The van der Waals surface area contributed by atoms with Gasteiger partial charge in [0.05, 0.1) is 32.0 Å². The minimum absolute atomic E-state index is 0.0137. The summed E-state index contributed by atoms with van der Waals surface area (Å²) >= 11 is 0. The summed E-state index contributed by atoms with van der Waals surface area (Å²) in [6.07, 6.45) is 67.4. The largest absolute Gasteiger partial charge is 0.466 e. The molecule has 6 N–H and O–H groups in total. The van der Waals surface area contributed by atoms with E-state index in [2.05, 4.69) is 79.1 Å². The first-order valence-electron chi connectivity index (χ1n) is 32.3. The molecule has 0 saturated carbocycles. The molecule has 79 heavy (non-hydrogen) atoms. The highest BCUT2D eigenvalue weighted by Gasteiger charge is 2.44. The number of aliphatic hydroxyl groups is 5. The Balaban J connectivity index is 1.97. The number of carbonyl (C=O) groups excluding carboxylic acids is 2. The first kappa shape index (κ1) is 73.9. The first-order valence-corrected chi connectivity index (χ1v) is 32.3. The van der Waals surface area contributed by atoms with E-state index in [-0.39, 0.29) is 18.5 Å². The Morgan fingerprint density at radius 1 is 0.494 bits per heavy atom. The molecule has 1 rings (SSSR count). The minimum Gasteiger partial charge on any atom is -0.466 e. The number of ether oxygens (including phenoxy) is 3. The fourth-order valence-corrected chi connectivity index (χ4v) is 9.66. The fraction of sp³-hybridized carbons (Fsp3) is 0.765. The Kier molecular flexibility index (Phi) is 53.0. The van der Waals surface area contributed by atoms with Crippen molar-refractivity contribution in [2.45, 2.75) is 314 Å². The molecule has 1 aliphatic rings. The molecule has 456 valence electrons. The molecule has 1 amide bonds. The van der Waals surface area contributed by atoms with Crippen molar-refractivity contribution in [3.8, 4) is 0 Å². The maximum Gasteiger partial charge on any atom is 0.305 e. The van der Waals surface area contributed by atoms with Crippen molar-refractivity contribution in [2.75, 3.05) is 19.8 Å². The van der Waals surface area contributed by atoms with Gasteiger partial charge >= 0.3 is 5.97 Å². The van der Waals surface area contributed by atoms with E-state index in [4.69, 9.17) is 14.2 Å². The van der Waals surface area contributed by atoms with Gasteiger partial charge in [-0.2, -0.15) is 0 Å². The normalized spacial score (nSPS) is 19.0. The summed E-state index contributed by atoms with van der Waals surface area (Å²) in [5, 5.41) is 54.2. The van der Waals surface area contributed by atoms with Gasteiger partial charge in [0.2, 0.25) is 5.91 Å². The summed E-state index contributed by atoms with van der Waals surface area (Å²) in [5.41, 5.74) is 0. The summed E-state index contributed by atoms with van der Waals surface area (Å²) in [4.78, 5) is 25.0. The highest BCUT2D eigenvalue weighted by molar-refractivity contribution is 5.76. The molecule has 11 nitrogen and oxygen atoms in total. The first-order chi connectivity index (χ1) is 38.7. The van der Waals surface area contributed by atoms with Crippen LogP contribution in [0.3, 0.4) is 0 Å². The number of nitrogens with one attached hydrogen (secondary N) is 1. The molecule has 0 aromatic rings. The van der Waals surface area contributed by atoms with Crippen molar-refractivity contribution < 1.29 is 49.3 Å². The molecule has 11 heteroatoms. The fourth-order valence-electron chi connectivity index (χ4n) is 9.66. The van der Waals surface area contributed by atoms with E-state index in [1.54, 1.807) is 6.08 Å². The minimum atomic E-state index is -1.58. The average Bonchev–Trinajstić information content (AvgIpc) is 3.49. The SMILES string of the molecule is C/C=C/CC/C=C/CC/C=C/C(O)C(COC1OC(CO)C(O)C(O)C1O)NC(=O)CCCCCCCCCCCCCCC/C=C\C/C=C\CCCCCCCCCCCOC(=O)CCCCCCC/C=C\C/C=C\CCC. The summed E-state index contributed by atoms with van der Waals surface area (Å²) < 4.78 is 16.6. The van der Waals surface area contributed by atoms with Gasteiger partial charge in [-0.05, 0) is 110 Å². The molecular formula is C68H119NO10. The molecule has 1 heterocycles. The molecule has 1 aliphatic heterocycles. The Labute approximate surface area is 483 Å². The molecule has 0 spiro atoms. The zero-order chi connectivity index (χ0) is 57.3. The second kappa shape index (κ2) is 56.7. The van der Waals surface area contributed by atoms with Gasteiger partial charge in [-0.25, -0.2) is 0 Å². The van der Waals surface area contributed by atoms with Gasteiger partial charge < -0.3 is 45.1 Å². The quantitative estimate of drug-likeness (QED) is 0.0195. The number of allylic oxidation sites excluding steroid dienone is 13. The monoisotopic (exact) mass is 1110 g/mol. The number of aliphatic hydroxyl groups excluding tert-OH is 5. The van der Waals surface area contributed by atoms with E-state index in [0.717, 1.165) is 89.9 Å². The highest BCUT2D eigenvalue weighted by atomic mass is 16.7. The van der Waals surface area contributed by atoms with E-state index in [1.165, 1.54) is 154 Å². The average molecular weight is 1110 g/mol. The Bertz CT molecular complexity index is 1590. The second-order valence-corrected chi connectivity index (χ2v) is 22.1. The molecule has 0 bridgehead atoms. The number of amides is 1. The van der Waals surface area contributed by atoms with Gasteiger partial charge in [0, 0.05) is 12.8 Å². The lowest BCUT2D eigenvalue weighted by Crippen LogP contribution is -2.60. The number of rotatable bonds is 55. The maximum atomic E-state index is 13.0. The molecule has 7 atom stereocenters. The smallest absolute Gasteiger partial charge is 0.305 e. The second-order valence-electron chi connectivity index (χ2n) is 22.1. The Morgan fingerprint density at radius 2 is 0.911 bits per heavy atom. The standard InChI is InChI=1S/C68H119NO10/c1-3-5-7-9-11-13-14-32-36-40-44-48-52-56-64(73)77-57-53-49-45-41-37-34-31-29-27-25-23-21-19-17-15-16-18-20-22-24-26-28-30-33-35-39-43-47-51-55-63(72)69-60(61(71)54-50-46-42-38-12-10-8-6-4-2)59-78-68-67(76)66(75)65(74)62(58-70)79-68/h4,6-7,9,12-15,17,21,23,38,50,54,60-62,65-68,70-71,74-76H,3,5,8,10-11,16,18-20,22,24-37,39-49,51-53,55-59H2,1-2H3,(H,69,72)/b6-4+,9-7-,14-13-,17-15-,23-21-,38-12+,54-50+. The zero-order valence-corrected chi connectivity index (χ0v) is 50.3. The third kappa shape index (κ3) is 46.1. The number of hydrogen-bond donors (Lipinski definition) is 6. The van der Waals surface area contributed by atoms with E-state index in [9.17, 15) is 35.1 Å². The van der Waals surface area contributed by atoms with Gasteiger partial charge in [-0.3, -0.25) is 9.59 Å². The summed E-state index contributed by atoms with van der Waals surface area (Å²) in [5.74, 6) is -0.215. The predicted molar refractivity (Wildman–Crippen MR) is 329 cm³/mol. The van der Waals surface area contributed by atoms with Crippen molar-refractivity contribution in [1.29, 1.82) is 0 Å². The maximum absolute atomic E-state index is 13.0. The van der Waals surface area contributed by atoms with Crippen LogP contribution in [0.25, 0.3) is 0 Å². The van der Waals surface area contributed by atoms with Crippen LogP contribution < -0.4 is 5.32 Å². The zero-order valence-electron chi connectivity index (χ0n) is 50.3. The predicted octanol–water partition coefficient (Wildman–Crippen LogP) is 15.7. The summed E-state index contributed by atoms with van der Waals surface area (Å²) in [7, 11) is 0. The molecule has 0 aromatic carbocycles. The van der Waals surface area contributed by atoms with Crippen molar-refractivity contribution in [3.05, 3.63) is 85.1 Å². The van der Waals surface area contributed by atoms with Crippen LogP contribution in [0.5, 0.6) is 0 Å². The number of esters is 1. The molecular weight excluding hydrogens is 991 g/mol.